The predicted molar refractivity (Wildman–Crippen MR) is 89.2 cm³/mol. The number of ether oxygens (including phenoxy) is 1. The molecule has 0 bridgehead atoms. The number of aromatic nitrogens is 1. The Balaban J connectivity index is 1.96. The minimum Gasteiger partial charge on any atom is -0.486 e. The van der Waals surface area contributed by atoms with Crippen molar-refractivity contribution in [3.8, 4) is 5.75 Å². The highest BCUT2D eigenvalue weighted by atomic mass is 35.5. The van der Waals surface area contributed by atoms with Crippen LogP contribution in [0.4, 0.5) is 0 Å². The fourth-order valence-electron chi connectivity index (χ4n) is 2.06. The van der Waals surface area contributed by atoms with Crippen LogP contribution < -0.4 is 10.5 Å². The van der Waals surface area contributed by atoms with E-state index >= 15 is 0 Å². The number of benzene rings is 1. The maximum Gasteiger partial charge on any atom is 0.138 e. The summed E-state index contributed by atoms with van der Waals surface area (Å²) in [7, 11) is 0. The summed E-state index contributed by atoms with van der Waals surface area (Å²) in [6.45, 7) is 4.59. The van der Waals surface area contributed by atoms with E-state index in [2.05, 4.69) is 11.9 Å². The first kappa shape index (κ1) is 16.3. The van der Waals surface area contributed by atoms with Crippen LogP contribution in [0.25, 0.3) is 0 Å². The lowest BCUT2D eigenvalue weighted by atomic mass is 10.1. The van der Waals surface area contributed by atoms with E-state index in [1.165, 1.54) is 0 Å². The third kappa shape index (κ3) is 4.99. The van der Waals surface area contributed by atoms with E-state index in [1.807, 2.05) is 30.5 Å². The van der Waals surface area contributed by atoms with Crippen LogP contribution in [0.1, 0.15) is 36.5 Å². The Kier molecular flexibility index (Phi) is 6.03. The van der Waals surface area contributed by atoms with Crippen molar-refractivity contribution in [3.63, 3.8) is 0 Å². The van der Waals surface area contributed by atoms with Gasteiger partial charge in [-0.2, -0.15) is 0 Å². The number of thiazole rings is 1. The minimum absolute atomic E-state index is 0.125. The first-order valence-corrected chi connectivity index (χ1v) is 8.44. The van der Waals surface area contributed by atoms with Crippen LogP contribution in [0.15, 0.2) is 23.6 Å². The van der Waals surface area contributed by atoms with E-state index in [0.717, 1.165) is 35.5 Å². The molecule has 1 heterocycles. The quantitative estimate of drug-likeness (QED) is 0.829. The number of hydrogen-bond donors (Lipinski definition) is 1. The smallest absolute Gasteiger partial charge is 0.138 e. The standard InChI is InChI=1S/C16H21ClN2OS/c1-3-4-16-19-13(10-21-16)9-20-15-6-5-12(7-11(2)18)8-14(15)17/h5-6,8,10-11H,3-4,7,9,18H2,1-2H3. The number of rotatable bonds is 7. The monoisotopic (exact) mass is 324 g/mol. The molecule has 1 aromatic heterocycles. The summed E-state index contributed by atoms with van der Waals surface area (Å²) in [5, 5.41) is 3.83. The van der Waals surface area contributed by atoms with Crippen LogP contribution in [0.5, 0.6) is 5.75 Å². The minimum atomic E-state index is 0.125. The van der Waals surface area contributed by atoms with Crippen molar-refractivity contribution < 1.29 is 4.74 Å². The van der Waals surface area contributed by atoms with Gasteiger partial charge in [-0.1, -0.05) is 24.6 Å². The van der Waals surface area contributed by atoms with Gasteiger partial charge in [-0.15, -0.1) is 11.3 Å². The maximum atomic E-state index is 6.25. The van der Waals surface area contributed by atoms with Crippen LogP contribution in [0.3, 0.4) is 0 Å². The number of halogens is 1. The van der Waals surface area contributed by atoms with Crippen LogP contribution >= 0.6 is 22.9 Å². The second kappa shape index (κ2) is 7.78. The lowest BCUT2D eigenvalue weighted by Crippen LogP contribution is -2.17. The average Bonchev–Trinajstić information content (AvgIpc) is 2.85. The molecule has 2 N–H and O–H groups in total. The van der Waals surface area contributed by atoms with E-state index < -0.39 is 0 Å². The zero-order chi connectivity index (χ0) is 15.2. The molecule has 2 rings (SSSR count). The molecule has 1 aromatic carbocycles. The molecule has 1 atom stereocenters. The topological polar surface area (TPSA) is 48.1 Å². The van der Waals surface area contributed by atoms with Gasteiger partial charge in [-0.25, -0.2) is 4.98 Å². The summed E-state index contributed by atoms with van der Waals surface area (Å²) < 4.78 is 5.76. The number of nitrogens with zero attached hydrogens (tertiary/aromatic N) is 1. The SMILES string of the molecule is CCCc1nc(COc2ccc(CC(C)N)cc2Cl)cs1. The van der Waals surface area contributed by atoms with Gasteiger partial charge < -0.3 is 10.5 Å². The summed E-state index contributed by atoms with van der Waals surface area (Å²) in [4.78, 5) is 4.54. The Bertz CT molecular complexity index is 583. The predicted octanol–water partition coefficient (Wildman–Crippen LogP) is 4.22. The van der Waals surface area contributed by atoms with Crippen molar-refractivity contribution >= 4 is 22.9 Å². The van der Waals surface area contributed by atoms with Gasteiger partial charge in [0.2, 0.25) is 0 Å². The van der Waals surface area contributed by atoms with Crippen LogP contribution in [0, 0.1) is 0 Å². The molecule has 0 saturated carbocycles. The van der Waals surface area contributed by atoms with Gasteiger partial charge in [0.1, 0.15) is 12.4 Å². The van der Waals surface area contributed by atoms with Gasteiger partial charge >= 0.3 is 0 Å². The Morgan fingerprint density at radius 2 is 2.24 bits per heavy atom. The summed E-state index contributed by atoms with van der Waals surface area (Å²) in [6.07, 6.45) is 2.95. The maximum absolute atomic E-state index is 6.25. The Morgan fingerprint density at radius 1 is 1.43 bits per heavy atom. The van der Waals surface area contributed by atoms with Crippen molar-refractivity contribution in [1.29, 1.82) is 0 Å². The van der Waals surface area contributed by atoms with E-state index in [9.17, 15) is 0 Å². The van der Waals surface area contributed by atoms with E-state index in [1.54, 1.807) is 11.3 Å². The van der Waals surface area contributed by atoms with E-state index in [-0.39, 0.29) is 6.04 Å². The highest BCUT2D eigenvalue weighted by Crippen LogP contribution is 2.27. The molecule has 114 valence electrons. The number of nitrogens with two attached hydrogens (primary N) is 1. The van der Waals surface area contributed by atoms with Crippen LogP contribution in [-0.4, -0.2) is 11.0 Å². The van der Waals surface area contributed by atoms with Gasteiger partial charge in [-0.05, 0) is 43.9 Å². The molecular formula is C16H21ClN2OS. The fourth-order valence-corrected chi connectivity index (χ4v) is 3.20. The zero-order valence-electron chi connectivity index (χ0n) is 12.4. The molecule has 0 radical (unpaired) electrons. The number of hydrogen-bond acceptors (Lipinski definition) is 4. The first-order valence-electron chi connectivity index (χ1n) is 7.18. The summed E-state index contributed by atoms with van der Waals surface area (Å²) >= 11 is 7.94. The molecular weight excluding hydrogens is 304 g/mol. The molecule has 0 aliphatic rings. The Hall–Kier alpha value is -1.10. The summed E-state index contributed by atoms with van der Waals surface area (Å²) in [6, 6.07) is 5.96. The van der Waals surface area contributed by atoms with Crippen LogP contribution in [0.2, 0.25) is 5.02 Å². The molecule has 0 amide bonds. The van der Waals surface area contributed by atoms with Crippen molar-refractivity contribution in [1.82, 2.24) is 4.98 Å². The van der Waals surface area contributed by atoms with Gasteiger partial charge in [0.15, 0.2) is 0 Å². The van der Waals surface area contributed by atoms with Crippen molar-refractivity contribution in [2.24, 2.45) is 5.73 Å². The van der Waals surface area contributed by atoms with Crippen molar-refractivity contribution in [2.45, 2.75) is 45.8 Å². The van der Waals surface area contributed by atoms with Crippen LogP contribution in [-0.2, 0) is 19.4 Å². The molecule has 0 saturated heterocycles. The van der Waals surface area contributed by atoms with E-state index in [0.29, 0.717) is 17.4 Å². The molecule has 0 spiro atoms. The largest absolute Gasteiger partial charge is 0.486 e. The number of aryl methyl sites for hydroxylation is 1. The summed E-state index contributed by atoms with van der Waals surface area (Å²) in [5.41, 5.74) is 7.88. The van der Waals surface area contributed by atoms with Gasteiger partial charge in [0.05, 0.1) is 15.7 Å². The van der Waals surface area contributed by atoms with Crippen molar-refractivity contribution in [3.05, 3.63) is 44.9 Å². The molecule has 0 aliphatic carbocycles. The normalized spacial score (nSPS) is 12.4. The highest BCUT2D eigenvalue weighted by Gasteiger charge is 2.07. The van der Waals surface area contributed by atoms with Gasteiger partial charge in [0, 0.05) is 11.4 Å². The lowest BCUT2D eigenvalue weighted by molar-refractivity contribution is 0.302. The average molecular weight is 325 g/mol. The molecule has 5 heteroatoms. The molecule has 0 fully saturated rings. The second-order valence-corrected chi connectivity index (χ2v) is 6.57. The second-order valence-electron chi connectivity index (χ2n) is 5.22. The third-order valence-electron chi connectivity index (χ3n) is 2.99. The molecule has 1 unspecified atom stereocenters. The highest BCUT2D eigenvalue weighted by molar-refractivity contribution is 7.09. The zero-order valence-corrected chi connectivity index (χ0v) is 14.0. The van der Waals surface area contributed by atoms with E-state index in [4.69, 9.17) is 22.1 Å². The molecule has 0 aliphatic heterocycles. The van der Waals surface area contributed by atoms with Crippen molar-refractivity contribution in [2.75, 3.05) is 0 Å². The first-order chi connectivity index (χ1) is 10.1. The molecule has 3 nitrogen and oxygen atoms in total. The Labute approximate surface area is 135 Å². The fraction of sp³-hybridized carbons (Fsp3) is 0.438. The van der Waals surface area contributed by atoms with Gasteiger partial charge in [-0.3, -0.25) is 0 Å². The summed E-state index contributed by atoms with van der Waals surface area (Å²) in [5.74, 6) is 0.690. The molecule has 2 aromatic rings. The van der Waals surface area contributed by atoms with Gasteiger partial charge in [0.25, 0.3) is 0 Å². The third-order valence-corrected chi connectivity index (χ3v) is 4.25. The molecule has 21 heavy (non-hydrogen) atoms. The lowest BCUT2D eigenvalue weighted by Gasteiger charge is -2.10. The Morgan fingerprint density at radius 3 is 2.90 bits per heavy atom.